The summed E-state index contributed by atoms with van der Waals surface area (Å²) < 4.78 is 25.3. The van der Waals surface area contributed by atoms with Gasteiger partial charge in [-0.25, -0.2) is 0 Å². The van der Waals surface area contributed by atoms with Crippen LogP contribution in [0.3, 0.4) is 0 Å². The molecule has 6 nitrogen and oxygen atoms in total. The number of ether oxygens (including phenoxy) is 2. The van der Waals surface area contributed by atoms with Gasteiger partial charge in [0.05, 0.1) is 29.8 Å². The Hall–Kier alpha value is -1.89. The predicted octanol–water partition coefficient (Wildman–Crippen LogP) is 1.28. The van der Waals surface area contributed by atoms with Crippen molar-refractivity contribution in [2.45, 2.75) is 17.1 Å². The van der Waals surface area contributed by atoms with E-state index in [9.17, 15) is 4.21 Å². The van der Waals surface area contributed by atoms with Crippen LogP contribution in [0.5, 0.6) is 11.5 Å². The normalized spacial score (nSPS) is 15.7. The molecule has 0 spiro atoms. The van der Waals surface area contributed by atoms with Crippen LogP contribution < -0.4 is 9.47 Å². The quantitative estimate of drug-likeness (QED) is 0.853. The van der Waals surface area contributed by atoms with Crippen LogP contribution in [-0.4, -0.2) is 32.2 Å². The van der Waals surface area contributed by atoms with Gasteiger partial charge in [-0.2, -0.15) is 0 Å². The maximum absolute atomic E-state index is 12.4. The van der Waals surface area contributed by atoms with E-state index in [-0.39, 0.29) is 0 Å². The zero-order chi connectivity index (χ0) is 13.9. The van der Waals surface area contributed by atoms with Crippen LogP contribution in [0.2, 0.25) is 0 Å². The number of rotatable bonds is 3. The van der Waals surface area contributed by atoms with Crippen molar-refractivity contribution in [3.8, 4) is 11.5 Å². The molecular formula is C13H15N3O3S. The molecule has 2 heterocycles. The number of nitrogens with zero attached hydrogens (tertiary/aromatic N) is 3. The van der Waals surface area contributed by atoms with Crippen molar-refractivity contribution in [1.29, 1.82) is 0 Å². The first-order chi connectivity index (χ1) is 9.74. The van der Waals surface area contributed by atoms with Gasteiger partial charge in [-0.05, 0) is 12.1 Å². The lowest BCUT2D eigenvalue weighted by Gasteiger charge is -2.09. The van der Waals surface area contributed by atoms with E-state index in [0.717, 1.165) is 6.42 Å². The highest BCUT2D eigenvalue weighted by Crippen LogP contribution is 2.31. The molecule has 1 aromatic heterocycles. The van der Waals surface area contributed by atoms with Crippen LogP contribution in [0, 0.1) is 0 Å². The molecule has 0 bridgehead atoms. The third-order valence-corrected chi connectivity index (χ3v) is 4.35. The van der Waals surface area contributed by atoms with Gasteiger partial charge in [0.25, 0.3) is 0 Å². The molecule has 0 radical (unpaired) electrons. The van der Waals surface area contributed by atoms with Crippen LogP contribution in [0.15, 0.2) is 29.4 Å². The number of aromatic nitrogens is 3. The van der Waals surface area contributed by atoms with Crippen molar-refractivity contribution >= 4 is 10.8 Å². The van der Waals surface area contributed by atoms with Crippen LogP contribution >= 0.6 is 0 Å². The Balaban J connectivity index is 1.82. The van der Waals surface area contributed by atoms with Gasteiger partial charge in [0.2, 0.25) is 0 Å². The minimum absolute atomic E-state index is 0.330. The standard InChI is InChI=1S/C13H15N3O3S/c1-16-9-14-15-13(16)8-20(17)10-3-4-11-12(7-10)19-6-2-5-18-11/h3-4,7,9H,2,5-6,8H2,1H3/t20-/m1/s1. The number of aryl methyl sites for hydroxylation is 1. The zero-order valence-electron chi connectivity index (χ0n) is 11.1. The van der Waals surface area contributed by atoms with E-state index >= 15 is 0 Å². The van der Waals surface area contributed by atoms with E-state index in [1.165, 1.54) is 0 Å². The van der Waals surface area contributed by atoms with Crippen LogP contribution in [0.25, 0.3) is 0 Å². The molecule has 0 fully saturated rings. The first-order valence-electron chi connectivity index (χ1n) is 6.35. The van der Waals surface area contributed by atoms with Gasteiger partial charge in [-0.3, -0.25) is 4.21 Å². The largest absolute Gasteiger partial charge is 0.490 e. The zero-order valence-corrected chi connectivity index (χ0v) is 11.9. The molecule has 0 amide bonds. The fourth-order valence-electron chi connectivity index (χ4n) is 1.92. The highest BCUT2D eigenvalue weighted by Gasteiger charge is 2.15. The first-order valence-corrected chi connectivity index (χ1v) is 7.67. The van der Waals surface area contributed by atoms with Gasteiger partial charge in [0, 0.05) is 24.4 Å². The SMILES string of the molecule is Cn1cnnc1C[S@@](=O)c1ccc2c(c1)OCCCO2. The summed E-state index contributed by atoms with van der Waals surface area (Å²) in [6.07, 6.45) is 2.45. The molecule has 1 aliphatic heterocycles. The second-order valence-corrected chi connectivity index (χ2v) is 5.96. The number of hydrogen-bond acceptors (Lipinski definition) is 5. The van der Waals surface area contributed by atoms with Gasteiger partial charge in [-0.15, -0.1) is 10.2 Å². The van der Waals surface area contributed by atoms with Crippen molar-refractivity contribution in [3.05, 3.63) is 30.4 Å². The Labute approximate surface area is 119 Å². The minimum atomic E-state index is -1.19. The van der Waals surface area contributed by atoms with Gasteiger partial charge < -0.3 is 14.0 Å². The Morgan fingerprint density at radius 3 is 2.85 bits per heavy atom. The summed E-state index contributed by atoms with van der Waals surface area (Å²) in [4.78, 5) is 0.706. The van der Waals surface area contributed by atoms with Crippen LogP contribution in [-0.2, 0) is 23.6 Å². The minimum Gasteiger partial charge on any atom is -0.490 e. The number of hydrogen-bond donors (Lipinski definition) is 0. The second kappa shape index (κ2) is 5.62. The average Bonchev–Trinajstić information content (AvgIpc) is 2.73. The Bertz CT molecular complexity index is 642. The summed E-state index contributed by atoms with van der Waals surface area (Å²) in [5.41, 5.74) is 0. The van der Waals surface area contributed by atoms with Crippen molar-refractivity contribution in [2.24, 2.45) is 7.05 Å². The molecule has 0 saturated carbocycles. The van der Waals surface area contributed by atoms with E-state index < -0.39 is 10.8 Å². The summed E-state index contributed by atoms with van der Waals surface area (Å²) >= 11 is 0. The Kier molecular flexibility index (Phi) is 3.68. The van der Waals surface area contributed by atoms with E-state index in [4.69, 9.17) is 9.47 Å². The molecule has 0 saturated heterocycles. The topological polar surface area (TPSA) is 66.2 Å². The Morgan fingerprint density at radius 1 is 1.30 bits per heavy atom. The summed E-state index contributed by atoms with van der Waals surface area (Å²) in [5, 5.41) is 7.73. The molecule has 20 heavy (non-hydrogen) atoms. The first kappa shape index (κ1) is 13.1. The second-order valence-electron chi connectivity index (χ2n) is 4.51. The fourth-order valence-corrected chi connectivity index (χ4v) is 3.04. The molecule has 0 aliphatic carbocycles. The molecule has 7 heteroatoms. The molecule has 1 aromatic carbocycles. The highest BCUT2D eigenvalue weighted by atomic mass is 32.2. The molecule has 0 N–H and O–H groups in total. The van der Waals surface area contributed by atoms with Crippen LogP contribution in [0.1, 0.15) is 12.2 Å². The van der Waals surface area contributed by atoms with Crippen LogP contribution in [0.4, 0.5) is 0 Å². The molecular weight excluding hydrogens is 278 g/mol. The predicted molar refractivity (Wildman–Crippen MR) is 73.2 cm³/mol. The van der Waals surface area contributed by atoms with Crippen molar-refractivity contribution in [2.75, 3.05) is 13.2 Å². The van der Waals surface area contributed by atoms with Gasteiger partial charge >= 0.3 is 0 Å². The van der Waals surface area contributed by atoms with Crippen molar-refractivity contribution in [3.63, 3.8) is 0 Å². The van der Waals surface area contributed by atoms with E-state index in [2.05, 4.69) is 10.2 Å². The third kappa shape index (κ3) is 2.67. The van der Waals surface area contributed by atoms with Gasteiger partial charge in [0.1, 0.15) is 12.2 Å². The maximum atomic E-state index is 12.4. The molecule has 1 atom stereocenters. The molecule has 3 rings (SSSR count). The lowest BCUT2D eigenvalue weighted by atomic mass is 10.3. The number of benzene rings is 1. The van der Waals surface area contributed by atoms with E-state index in [1.807, 2.05) is 13.1 Å². The van der Waals surface area contributed by atoms with Crippen molar-refractivity contribution in [1.82, 2.24) is 14.8 Å². The third-order valence-electron chi connectivity index (χ3n) is 3.05. The van der Waals surface area contributed by atoms with E-state index in [0.29, 0.717) is 41.2 Å². The number of fused-ring (bicyclic) bond motifs is 1. The fraction of sp³-hybridized carbons (Fsp3) is 0.385. The summed E-state index contributed by atoms with van der Waals surface area (Å²) in [6, 6.07) is 5.40. The van der Waals surface area contributed by atoms with Gasteiger partial charge in [0.15, 0.2) is 11.5 Å². The lowest BCUT2D eigenvalue weighted by Crippen LogP contribution is -2.03. The Morgan fingerprint density at radius 2 is 2.10 bits per heavy atom. The highest BCUT2D eigenvalue weighted by molar-refractivity contribution is 7.84. The lowest BCUT2D eigenvalue weighted by molar-refractivity contribution is 0.297. The molecule has 106 valence electrons. The summed E-state index contributed by atoms with van der Waals surface area (Å²) in [5.74, 6) is 2.39. The van der Waals surface area contributed by atoms with E-state index in [1.54, 1.807) is 23.0 Å². The summed E-state index contributed by atoms with van der Waals surface area (Å²) in [7, 11) is 0.648. The van der Waals surface area contributed by atoms with Gasteiger partial charge in [-0.1, -0.05) is 0 Å². The summed E-state index contributed by atoms with van der Waals surface area (Å²) in [6.45, 7) is 1.26. The maximum Gasteiger partial charge on any atom is 0.162 e. The average molecular weight is 293 g/mol. The molecule has 0 unspecified atom stereocenters. The smallest absolute Gasteiger partial charge is 0.162 e. The molecule has 1 aliphatic rings. The van der Waals surface area contributed by atoms with Crippen molar-refractivity contribution < 1.29 is 13.7 Å². The monoisotopic (exact) mass is 293 g/mol. The molecule has 2 aromatic rings.